The molecule has 1 fully saturated rings. The molecule has 0 saturated heterocycles. The van der Waals surface area contributed by atoms with Crippen LogP contribution in [0.3, 0.4) is 0 Å². The number of amides is 1. The number of aryl methyl sites for hydroxylation is 1. The second-order valence-electron chi connectivity index (χ2n) is 4.49. The van der Waals surface area contributed by atoms with E-state index in [1.807, 2.05) is 31.2 Å². The van der Waals surface area contributed by atoms with E-state index in [2.05, 4.69) is 10.5 Å². The molecular formula is C14H18N2O. The van der Waals surface area contributed by atoms with E-state index in [0.717, 1.165) is 24.1 Å². The number of nitrogens with zero attached hydrogens (tertiary/aromatic N) is 1. The Balaban J connectivity index is 2.00. The summed E-state index contributed by atoms with van der Waals surface area (Å²) in [5.74, 6) is -0.110. The molecule has 1 N–H and O–H groups in total. The monoisotopic (exact) mass is 230 g/mol. The van der Waals surface area contributed by atoms with Crippen LogP contribution in [0.1, 0.15) is 48.0 Å². The molecule has 3 nitrogen and oxygen atoms in total. The van der Waals surface area contributed by atoms with Gasteiger partial charge in [-0.2, -0.15) is 5.10 Å². The number of carbonyl (C=O) groups excluding carboxylic acids is 1. The highest BCUT2D eigenvalue weighted by Crippen LogP contribution is 2.14. The summed E-state index contributed by atoms with van der Waals surface area (Å²) in [5, 5.41) is 4.22. The molecule has 90 valence electrons. The van der Waals surface area contributed by atoms with Gasteiger partial charge in [-0.25, -0.2) is 5.43 Å². The van der Waals surface area contributed by atoms with E-state index in [0.29, 0.717) is 5.56 Å². The zero-order valence-corrected chi connectivity index (χ0v) is 10.2. The highest BCUT2D eigenvalue weighted by Gasteiger charge is 2.09. The van der Waals surface area contributed by atoms with E-state index in [9.17, 15) is 4.79 Å². The standard InChI is InChI=1S/C14H18N2O/c1-11-7-5-6-10-13(11)14(17)16-15-12-8-3-2-4-9-12/h5-7,10H,2-4,8-9H2,1H3,(H,16,17). The lowest BCUT2D eigenvalue weighted by molar-refractivity contribution is 0.0954. The van der Waals surface area contributed by atoms with Crippen molar-refractivity contribution in [3.05, 3.63) is 35.4 Å². The average Bonchev–Trinajstić information content (AvgIpc) is 2.38. The molecule has 0 atom stereocenters. The molecular weight excluding hydrogens is 212 g/mol. The van der Waals surface area contributed by atoms with Crippen molar-refractivity contribution in [2.45, 2.75) is 39.0 Å². The predicted octanol–water partition coefficient (Wildman–Crippen LogP) is 3.04. The van der Waals surface area contributed by atoms with Crippen LogP contribution in [0.2, 0.25) is 0 Å². The molecule has 0 heterocycles. The Bertz CT molecular complexity index is 430. The summed E-state index contributed by atoms with van der Waals surface area (Å²) in [4.78, 5) is 11.9. The Morgan fingerprint density at radius 3 is 2.59 bits per heavy atom. The molecule has 1 saturated carbocycles. The number of hydrogen-bond donors (Lipinski definition) is 1. The van der Waals surface area contributed by atoms with Gasteiger partial charge < -0.3 is 0 Å². The molecule has 0 unspecified atom stereocenters. The first-order valence-electron chi connectivity index (χ1n) is 6.19. The summed E-state index contributed by atoms with van der Waals surface area (Å²) in [5.41, 5.74) is 5.46. The van der Waals surface area contributed by atoms with Crippen LogP contribution in [-0.4, -0.2) is 11.6 Å². The Morgan fingerprint density at radius 1 is 1.18 bits per heavy atom. The lowest BCUT2D eigenvalue weighted by Gasteiger charge is -2.12. The highest BCUT2D eigenvalue weighted by molar-refractivity contribution is 5.96. The van der Waals surface area contributed by atoms with Crippen molar-refractivity contribution in [1.29, 1.82) is 0 Å². The molecule has 0 aromatic heterocycles. The summed E-state index contributed by atoms with van der Waals surface area (Å²) in [6.07, 6.45) is 5.71. The van der Waals surface area contributed by atoms with Crippen LogP contribution in [-0.2, 0) is 0 Å². The van der Waals surface area contributed by atoms with Crippen LogP contribution >= 0.6 is 0 Å². The summed E-state index contributed by atoms with van der Waals surface area (Å²) < 4.78 is 0. The second-order valence-corrected chi connectivity index (χ2v) is 4.49. The second kappa shape index (κ2) is 5.62. The van der Waals surface area contributed by atoms with Gasteiger partial charge in [-0.05, 0) is 44.2 Å². The van der Waals surface area contributed by atoms with Crippen molar-refractivity contribution in [2.24, 2.45) is 5.10 Å². The van der Waals surface area contributed by atoms with Crippen LogP contribution in [0.25, 0.3) is 0 Å². The minimum Gasteiger partial charge on any atom is -0.267 e. The topological polar surface area (TPSA) is 41.5 Å². The molecule has 1 aromatic rings. The number of hydrogen-bond acceptors (Lipinski definition) is 2. The third kappa shape index (κ3) is 3.16. The fourth-order valence-electron chi connectivity index (χ4n) is 2.09. The van der Waals surface area contributed by atoms with E-state index >= 15 is 0 Å². The maximum atomic E-state index is 11.9. The lowest BCUT2D eigenvalue weighted by atomic mass is 9.99. The zero-order valence-electron chi connectivity index (χ0n) is 10.2. The molecule has 1 aliphatic carbocycles. The molecule has 0 spiro atoms. The molecule has 1 amide bonds. The number of hydrazone groups is 1. The van der Waals surface area contributed by atoms with E-state index in [-0.39, 0.29) is 5.91 Å². The van der Waals surface area contributed by atoms with Gasteiger partial charge in [0.15, 0.2) is 0 Å². The average molecular weight is 230 g/mol. The number of rotatable bonds is 2. The minimum atomic E-state index is -0.110. The van der Waals surface area contributed by atoms with Crippen LogP contribution in [0, 0.1) is 6.92 Å². The Morgan fingerprint density at radius 2 is 1.88 bits per heavy atom. The van der Waals surface area contributed by atoms with Gasteiger partial charge in [0.05, 0.1) is 0 Å². The molecule has 17 heavy (non-hydrogen) atoms. The Labute approximate surface area is 102 Å². The predicted molar refractivity (Wildman–Crippen MR) is 69.2 cm³/mol. The van der Waals surface area contributed by atoms with Crippen molar-refractivity contribution in [3.8, 4) is 0 Å². The summed E-state index contributed by atoms with van der Waals surface area (Å²) in [6.45, 7) is 1.93. The molecule has 2 rings (SSSR count). The largest absolute Gasteiger partial charge is 0.271 e. The Hall–Kier alpha value is -1.64. The van der Waals surface area contributed by atoms with Gasteiger partial charge >= 0.3 is 0 Å². The number of carbonyl (C=O) groups is 1. The molecule has 1 aliphatic rings. The fourth-order valence-corrected chi connectivity index (χ4v) is 2.09. The van der Waals surface area contributed by atoms with E-state index < -0.39 is 0 Å². The number of benzene rings is 1. The van der Waals surface area contributed by atoms with Gasteiger partial charge in [0, 0.05) is 11.3 Å². The first-order chi connectivity index (χ1) is 8.27. The van der Waals surface area contributed by atoms with Gasteiger partial charge in [-0.15, -0.1) is 0 Å². The minimum absolute atomic E-state index is 0.110. The van der Waals surface area contributed by atoms with Crippen molar-refractivity contribution >= 4 is 11.6 Å². The fraction of sp³-hybridized carbons (Fsp3) is 0.429. The third-order valence-electron chi connectivity index (χ3n) is 3.14. The summed E-state index contributed by atoms with van der Waals surface area (Å²) >= 11 is 0. The third-order valence-corrected chi connectivity index (χ3v) is 3.14. The highest BCUT2D eigenvalue weighted by atomic mass is 16.2. The normalized spacial score (nSPS) is 15.5. The lowest BCUT2D eigenvalue weighted by Crippen LogP contribution is -2.21. The van der Waals surface area contributed by atoms with Gasteiger partial charge in [-0.3, -0.25) is 4.79 Å². The zero-order chi connectivity index (χ0) is 12.1. The molecule has 0 bridgehead atoms. The van der Waals surface area contributed by atoms with Crippen LogP contribution in [0.15, 0.2) is 29.4 Å². The summed E-state index contributed by atoms with van der Waals surface area (Å²) in [6, 6.07) is 7.56. The van der Waals surface area contributed by atoms with Crippen LogP contribution in [0.4, 0.5) is 0 Å². The molecule has 1 aromatic carbocycles. The summed E-state index contributed by atoms with van der Waals surface area (Å²) in [7, 11) is 0. The van der Waals surface area contributed by atoms with Crippen molar-refractivity contribution in [2.75, 3.05) is 0 Å². The van der Waals surface area contributed by atoms with Crippen molar-refractivity contribution in [1.82, 2.24) is 5.43 Å². The van der Waals surface area contributed by atoms with Crippen LogP contribution < -0.4 is 5.43 Å². The maximum Gasteiger partial charge on any atom is 0.271 e. The molecule has 0 radical (unpaired) electrons. The van der Waals surface area contributed by atoms with Crippen molar-refractivity contribution in [3.63, 3.8) is 0 Å². The van der Waals surface area contributed by atoms with E-state index in [1.165, 1.54) is 19.3 Å². The van der Waals surface area contributed by atoms with Gasteiger partial charge in [0.25, 0.3) is 5.91 Å². The van der Waals surface area contributed by atoms with Crippen molar-refractivity contribution < 1.29 is 4.79 Å². The van der Waals surface area contributed by atoms with Gasteiger partial charge in [-0.1, -0.05) is 24.6 Å². The first kappa shape index (κ1) is 11.8. The first-order valence-corrected chi connectivity index (χ1v) is 6.19. The molecule has 0 aliphatic heterocycles. The van der Waals surface area contributed by atoms with Gasteiger partial charge in [0.1, 0.15) is 0 Å². The quantitative estimate of drug-likeness (QED) is 0.779. The smallest absolute Gasteiger partial charge is 0.267 e. The van der Waals surface area contributed by atoms with Crippen LogP contribution in [0.5, 0.6) is 0 Å². The van der Waals surface area contributed by atoms with Gasteiger partial charge in [0.2, 0.25) is 0 Å². The maximum absolute atomic E-state index is 11.9. The van der Waals surface area contributed by atoms with E-state index in [1.54, 1.807) is 0 Å². The molecule has 3 heteroatoms. The van der Waals surface area contributed by atoms with E-state index in [4.69, 9.17) is 0 Å². The number of nitrogens with one attached hydrogen (secondary N) is 1. The Kier molecular flexibility index (Phi) is 3.91. The SMILES string of the molecule is Cc1ccccc1C(=O)NN=C1CCCCC1.